The molecule has 4 heterocycles. The van der Waals surface area contributed by atoms with Gasteiger partial charge >= 0.3 is 17.9 Å². The summed E-state index contributed by atoms with van der Waals surface area (Å²) in [6.45, 7) is 7.41. The molecule has 7 rings (SSSR count). The van der Waals surface area contributed by atoms with Gasteiger partial charge in [0.05, 0.1) is 23.4 Å². The highest BCUT2D eigenvalue weighted by molar-refractivity contribution is 6.30. The maximum absolute atomic E-state index is 13.8. The number of ether oxygens (including phenoxy) is 5. The Balaban J connectivity index is 1.45. The van der Waals surface area contributed by atoms with Gasteiger partial charge in [-0.25, -0.2) is 9.59 Å². The van der Waals surface area contributed by atoms with Gasteiger partial charge in [0, 0.05) is 5.02 Å². The van der Waals surface area contributed by atoms with Crippen LogP contribution in [0.5, 0.6) is 0 Å². The van der Waals surface area contributed by atoms with E-state index in [1.54, 1.807) is 24.3 Å². The van der Waals surface area contributed by atoms with E-state index in [0.29, 0.717) is 5.02 Å². The van der Waals surface area contributed by atoms with Gasteiger partial charge in [0.2, 0.25) is 11.9 Å². The van der Waals surface area contributed by atoms with Crippen LogP contribution in [0.2, 0.25) is 5.02 Å². The molecule has 0 bridgehead atoms. The molecule has 6 fully saturated rings. The Morgan fingerprint density at radius 2 is 1.76 bits per heavy atom. The molecule has 0 amide bonds. The number of fused-ring (bicyclic) bond motifs is 1. The van der Waals surface area contributed by atoms with Crippen LogP contribution in [-0.4, -0.2) is 70.0 Å². The SMILES string of the molecule is C[C@H]1C(=O)OC2[C@H](O)C34C5C[C@@H](C(C)(C)C)C36C(OC(=O)[C@@H]6OCc3ccc(Cl)cc3)O[C@]4(C(=O)O5)[C@]21O. The molecule has 1 aromatic rings. The first-order valence-corrected chi connectivity index (χ1v) is 13.2. The zero-order valence-corrected chi connectivity index (χ0v) is 22.1. The number of carbonyl (C=O) groups excluding carboxylic acids is 3. The van der Waals surface area contributed by atoms with Gasteiger partial charge in [-0.15, -0.1) is 0 Å². The molecule has 0 aromatic heterocycles. The van der Waals surface area contributed by atoms with Gasteiger partial charge in [0.25, 0.3) is 0 Å². The van der Waals surface area contributed by atoms with Crippen molar-refractivity contribution >= 4 is 29.5 Å². The molecule has 6 aliphatic rings. The van der Waals surface area contributed by atoms with E-state index < -0.39 is 87.9 Å². The minimum atomic E-state index is -2.24. The van der Waals surface area contributed by atoms with Crippen molar-refractivity contribution in [2.75, 3.05) is 0 Å². The van der Waals surface area contributed by atoms with Crippen LogP contribution in [0.3, 0.4) is 0 Å². The lowest BCUT2D eigenvalue weighted by atomic mass is 9.51. The second-order valence-electron chi connectivity index (χ2n) is 12.6. The van der Waals surface area contributed by atoms with Crippen LogP contribution >= 0.6 is 11.6 Å². The van der Waals surface area contributed by atoms with Crippen molar-refractivity contribution in [1.29, 1.82) is 0 Å². The van der Waals surface area contributed by atoms with Crippen LogP contribution in [-0.2, 0) is 44.7 Å². The van der Waals surface area contributed by atoms with Crippen molar-refractivity contribution < 1.29 is 48.3 Å². The predicted molar refractivity (Wildman–Crippen MR) is 126 cm³/mol. The summed E-state index contributed by atoms with van der Waals surface area (Å²) in [5, 5.41) is 24.8. The van der Waals surface area contributed by atoms with Gasteiger partial charge in [-0.3, -0.25) is 4.79 Å². The molecule has 10 nitrogen and oxygen atoms in total. The third-order valence-corrected chi connectivity index (χ3v) is 10.6. The summed E-state index contributed by atoms with van der Waals surface area (Å²) in [4.78, 5) is 40.0. The Labute approximate surface area is 223 Å². The first kappa shape index (κ1) is 24.8. The molecule has 5 unspecified atom stereocenters. The van der Waals surface area contributed by atoms with E-state index in [1.165, 1.54) is 6.92 Å². The van der Waals surface area contributed by atoms with Crippen LogP contribution in [0.1, 0.15) is 39.7 Å². The molecule has 38 heavy (non-hydrogen) atoms. The first-order valence-electron chi connectivity index (χ1n) is 12.9. The summed E-state index contributed by atoms with van der Waals surface area (Å²) < 4.78 is 29.9. The summed E-state index contributed by atoms with van der Waals surface area (Å²) in [5.41, 5.74) is -7.31. The second kappa shape index (κ2) is 7.09. The van der Waals surface area contributed by atoms with E-state index in [2.05, 4.69) is 0 Å². The molecular weight excluding hydrogens is 520 g/mol. The number of esters is 3. The van der Waals surface area contributed by atoms with Gasteiger partial charge in [0.1, 0.15) is 12.2 Å². The minimum absolute atomic E-state index is 0.0139. The number of aliphatic hydroxyl groups is 2. The Hall–Kier alpha value is -2.24. The number of carbonyl (C=O) groups is 3. The average Bonchev–Trinajstić information content (AvgIpc) is 3.56. The molecule has 2 aliphatic carbocycles. The summed E-state index contributed by atoms with van der Waals surface area (Å²) in [6, 6.07) is 6.95. The van der Waals surface area contributed by atoms with Crippen molar-refractivity contribution in [2.24, 2.45) is 28.1 Å². The van der Waals surface area contributed by atoms with Crippen LogP contribution in [0.15, 0.2) is 24.3 Å². The number of hydrogen-bond donors (Lipinski definition) is 2. The molecular formula is C27H29ClO10. The monoisotopic (exact) mass is 548 g/mol. The Kier molecular flexibility index (Phi) is 4.62. The third kappa shape index (κ3) is 2.25. The molecule has 2 spiro atoms. The van der Waals surface area contributed by atoms with Crippen molar-refractivity contribution in [3.05, 3.63) is 34.9 Å². The van der Waals surface area contributed by atoms with Crippen LogP contribution in [0.4, 0.5) is 0 Å². The Bertz CT molecular complexity index is 1280. The zero-order valence-electron chi connectivity index (χ0n) is 21.3. The van der Waals surface area contributed by atoms with Crippen molar-refractivity contribution in [1.82, 2.24) is 0 Å². The largest absolute Gasteiger partial charge is 0.459 e. The molecule has 2 N–H and O–H groups in total. The number of benzene rings is 1. The smallest absolute Gasteiger partial charge is 0.343 e. The number of rotatable bonds is 3. The average molecular weight is 549 g/mol. The first-order chi connectivity index (χ1) is 17.8. The van der Waals surface area contributed by atoms with E-state index in [0.717, 1.165) is 5.56 Å². The topological polar surface area (TPSA) is 138 Å². The summed E-state index contributed by atoms with van der Waals surface area (Å²) in [6.07, 6.45) is -6.30. The number of halogens is 1. The van der Waals surface area contributed by atoms with E-state index in [9.17, 15) is 24.6 Å². The van der Waals surface area contributed by atoms with E-state index >= 15 is 0 Å². The number of aliphatic hydroxyl groups excluding tert-OH is 1. The summed E-state index contributed by atoms with van der Waals surface area (Å²) in [5.74, 6) is -3.97. The standard InChI is InChI=1S/C27H29ClO10/c1-11-19(30)36-17-16(29)25-15-9-14(23(2,3)4)24(25)18(34-10-12-5-7-13(28)8-6-12)20(31)37-22(24)38-27(25,21(32)35-15)26(11,17)33/h5-8,11,14-18,22,29,33H,9-10H2,1-4H3/t11-,14-,15?,16-,17?,18-,22?,24?,25?,26+,27-/m0/s1. The highest BCUT2D eigenvalue weighted by Crippen LogP contribution is 2.84. The maximum atomic E-state index is 13.8. The summed E-state index contributed by atoms with van der Waals surface area (Å²) >= 11 is 6.02. The van der Waals surface area contributed by atoms with Gasteiger partial charge in [-0.2, -0.15) is 0 Å². The normalized spacial score (nSPS) is 49.9. The van der Waals surface area contributed by atoms with Crippen LogP contribution in [0, 0.1) is 28.1 Å². The Morgan fingerprint density at radius 3 is 2.42 bits per heavy atom. The van der Waals surface area contributed by atoms with Gasteiger partial charge < -0.3 is 33.9 Å². The lowest BCUT2D eigenvalue weighted by Gasteiger charge is -2.48. The van der Waals surface area contributed by atoms with E-state index in [4.69, 9.17) is 35.3 Å². The molecule has 4 aliphatic heterocycles. The molecule has 0 radical (unpaired) electrons. The van der Waals surface area contributed by atoms with Gasteiger partial charge in [0.15, 0.2) is 17.8 Å². The highest BCUT2D eigenvalue weighted by atomic mass is 35.5. The van der Waals surface area contributed by atoms with Crippen molar-refractivity contribution in [3.63, 3.8) is 0 Å². The van der Waals surface area contributed by atoms with Gasteiger partial charge in [-0.1, -0.05) is 44.5 Å². The lowest BCUT2D eigenvalue weighted by Crippen LogP contribution is -2.67. The van der Waals surface area contributed by atoms with Crippen molar-refractivity contribution in [2.45, 2.75) is 82.6 Å². The highest BCUT2D eigenvalue weighted by Gasteiger charge is 3.04. The molecule has 11 atom stereocenters. The molecule has 11 heteroatoms. The minimum Gasteiger partial charge on any atom is -0.459 e. The van der Waals surface area contributed by atoms with E-state index in [-0.39, 0.29) is 13.0 Å². The van der Waals surface area contributed by atoms with Crippen LogP contribution in [0.25, 0.3) is 0 Å². The number of hydrogen-bond acceptors (Lipinski definition) is 10. The summed E-state index contributed by atoms with van der Waals surface area (Å²) in [7, 11) is 0. The lowest BCUT2D eigenvalue weighted by molar-refractivity contribution is -0.240. The van der Waals surface area contributed by atoms with Crippen LogP contribution < -0.4 is 0 Å². The molecule has 1 aromatic carbocycles. The van der Waals surface area contributed by atoms with Crippen molar-refractivity contribution in [3.8, 4) is 0 Å². The fourth-order valence-corrected chi connectivity index (χ4v) is 9.18. The fourth-order valence-electron chi connectivity index (χ4n) is 9.06. The zero-order chi connectivity index (χ0) is 27.2. The Morgan fingerprint density at radius 1 is 1.08 bits per heavy atom. The third-order valence-electron chi connectivity index (χ3n) is 10.3. The molecule has 204 valence electrons. The van der Waals surface area contributed by atoms with Gasteiger partial charge in [-0.05, 0) is 42.4 Å². The molecule has 4 saturated heterocycles. The van der Waals surface area contributed by atoms with E-state index in [1.807, 2.05) is 20.8 Å². The molecule has 2 saturated carbocycles. The fraction of sp³-hybridized carbons (Fsp3) is 0.667. The predicted octanol–water partition coefficient (Wildman–Crippen LogP) is 1.51. The quantitative estimate of drug-likeness (QED) is 0.422. The maximum Gasteiger partial charge on any atom is 0.343 e. The second-order valence-corrected chi connectivity index (χ2v) is 13.0.